The zero-order chi connectivity index (χ0) is 21.8. The van der Waals surface area contributed by atoms with E-state index in [4.69, 9.17) is 4.74 Å². The lowest BCUT2D eigenvalue weighted by atomic mass is 10.1. The van der Waals surface area contributed by atoms with Gasteiger partial charge in [-0.3, -0.25) is 10.1 Å². The highest BCUT2D eigenvalue weighted by Gasteiger charge is 2.18. The van der Waals surface area contributed by atoms with Crippen molar-refractivity contribution in [2.24, 2.45) is 0 Å². The molecule has 0 radical (unpaired) electrons. The van der Waals surface area contributed by atoms with E-state index in [0.717, 1.165) is 0 Å². The number of sulfonamides is 1. The molecule has 2 amide bonds. The molecule has 3 N–H and O–H groups in total. The van der Waals surface area contributed by atoms with Gasteiger partial charge < -0.3 is 10.1 Å². The summed E-state index contributed by atoms with van der Waals surface area (Å²) in [5.74, 6) is -0.450. The zero-order valence-electron chi connectivity index (χ0n) is 17.0. The number of benzene rings is 2. The highest BCUT2D eigenvalue weighted by Crippen LogP contribution is 2.21. The van der Waals surface area contributed by atoms with Gasteiger partial charge in [0.2, 0.25) is 10.0 Å². The molecule has 2 rings (SSSR count). The molecular formula is C20H25N3O5S. The quantitative estimate of drug-likeness (QED) is 0.686. The Morgan fingerprint density at radius 1 is 0.966 bits per heavy atom. The normalized spacial score (nSPS) is 11.6. The van der Waals surface area contributed by atoms with Crippen LogP contribution in [0.2, 0.25) is 0 Å². The molecule has 0 saturated heterocycles. The molecule has 2 aromatic rings. The van der Waals surface area contributed by atoms with Crippen LogP contribution in [0.1, 0.15) is 36.7 Å². The number of anilines is 2. The minimum Gasteiger partial charge on any atom is -0.444 e. The van der Waals surface area contributed by atoms with Crippen molar-refractivity contribution in [2.75, 3.05) is 17.7 Å². The Morgan fingerprint density at radius 2 is 1.62 bits per heavy atom. The molecule has 0 saturated carbocycles. The molecule has 156 valence electrons. The Kier molecular flexibility index (Phi) is 6.66. The van der Waals surface area contributed by atoms with Crippen LogP contribution in [0.25, 0.3) is 0 Å². The smallest absolute Gasteiger partial charge is 0.412 e. The van der Waals surface area contributed by atoms with Crippen molar-refractivity contribution >= 4 is 33.4 Å². The number of amides is 2. The molecule has 0 aliphatic carbocycles. The first-order chi connectivity index (χ1) is 13.4. The van der Waals surface area contributed by atoms with E-state index in [0.29, 0.717) is 16.9 Å². The maximum atomic E-state index is 12.6. The molecular weight excluding hydrogens is 394 g/mol. The maximum Gasteiger partial charge on any atom is 0.412 e. The van der Waals surface area contributed by atoms with Crippen molar-refractivity contribution in [2.45, 2.75) is 38.2 Å². The number of carbonyl (C=O) groups excluding carboxylic acids is 2. The lowest BCUT2D eigenvalue weighted by Gasteiger charge is -2.19. The first-order valence-electron chi connectivity index (χ1n) is 8.87. The van der Waals surface area contributed by atoms with Crippen LogP contribution in [0.5, 0.6) is 0 Å². The van der Waals surface area contributed by atoms with Crippen molar-refractivity contribution in [1.29, 1.82) is 0 Å². The molecule has 0 bridgehead atoms. The first kappa shape index (κ1) is 22.4. The molecule has 0 heterocycles. The van der Waals surface area contributed by atoms with Crippen LogP contribution < -0.4 is 15.4 Å². The van der Waals surface area contributed by atoms with Crippen molar-refractivity contribution in [3.05, 3.63) is 53.6 Å². The number of ether oxygens (including phenoxy) is 1. The summed E-state index contributed by atoms with van der Waals surface area (Å²) in [6.45, 7) is 6.92. The topological polar surface area (TPSA) is 114 Å². The van der Waals surface area contributed by atoms with Crippen LogP contribution in [0.3, 0.4) is 0 Å². The van der Waals surface area contributed by atoms with E-state index in [1.54, 1.807) is 58.0 Å². The van der Waals surface area contributed by atoms with Gasteiger partial charge in [0.25, 0.3) is 5.91 Å². The van der Waals surface area contributed by atoms with Crippen LogP contribution in [-0.4, -0.2) is 33.1 Å². The van der Waals surface area contributed by atoms with Gasteiger partial charge in [-0.15, -0.1) is 0 Å². The van der Waals surface area contributed by atoms with Gasteiger partial charge >= 0.3 is 6.09 Å². The van der Waals surface area contributed by atoms with E-state index in [2.05, 4.69) is 15.4 Å². The largest absolute Gasteiger partial charge is 0.444 e. The van der Waals surface area contributed by atoms with Crippen LogP contribution in [0, 0.1) is 6.92 Å². The van der Waals surface area contributed by atoms with Crippen molar-refractivity contribution in [3.8, 4) is 0 Å². The van der Waals surface area contributed by atoms with E-state index >= 15 is 0 Å². The number of aryl methyl sites for hydroxylation is 1. The molecule has 0 atom stereocenters. The van der Waals surface area contributed by atoms with Gasteiger partial charge in [0.05, 0.1) is 4.90 Å². The third-order valence-corrected chi connectivity index (χ3v) is 5.33. The maximum absolute atomic E-state index is 12.6. The molecule has 29 heavy (non-hydrogen) atoms. The lowest BCUT2D eigenvalue weighted by Crippen LogP contribution is -2.27. The molecule has 0 aromatic heterocycles. The molecule has 0 spiro atoms. The molecule has 0 aliphatic heterocycles. The minimum absolute atomic E-state index is 0.0816. The van der Waals surface area contributed by atoms with Gasteiger partial charge in [0.1, 0.15) is 5.60 Å². The van der Waals surface area contributed by atoms with E-state index in [9.17, 15) is 18.0 Å². The first-order valence-corrected chi connectivity index (χ1v) is 10.4. The molecule has 0 fully saturated rings. The third kappa shape index (κ3) is 6.30. The Morgan fingerprint density at radius 3 is 2.24 bits per heavy atom. The lowest BCUT2D eigenvalue weighted by molar-refractivity contribution is 0.0635. The predicted molar refractivity (Wildman–Crippen MR) is 112 cm³/mol. The Bertz CT molecular complexity index is 1030. The average molecular weight is 420 g/mol. The number of rotatable bonds is 5. The second-order valence-electron chi connectivity index (χ2n) is 7.35. The fourth-order valence-corrected chi connectivity index (χ4v) is 3.43. The van der Waals surface area contributed by atoms with Gasteiger partial charge in [-0.2, -0.15) is 0 Å². The molecule has 2 aromatic carbocycles. The van der Waals surface area contributed by atoms with Gasteiger partial charge in [-0.05, 0) is 70.6 Å². The zero-order valence-corrected chi connectivity index (χ0v) is 17.8. The number of hydrogen-bond donors (Lipinski definition) is 3. The number of carbonyl (C=O) groups is 2. The fraction of sp³-hybridized carbons (Fsp3) is 0.300. The van der Waals surface area contributed by atoms with Crippen LogP contribution in [0.4, 0.5) is 16.2 Å². The molecule has 0 aliphatic rings. The molecule has 0 unspecified atom stereocenters. The molecule has 8 nitrogen and oxygen atoms in total. The summed E-state index contributed by atoms with van der Waals surface area (Å²) in [6.07, 6.45) is -0.629. The van der Waals surface area contributed by atoms with Crippen molar-refractivity contribution in [1.82, 2.24) is 4.72 Å². The van der Waals surface area contributed by atoms with Crippen molar-refractivity contribution < 1.29 is 22.7 Å². The van der Waals surface area contributed by atoms with E-state index in [-0.39, 0.29) is 10.5 Å². The van der Waals surface area contributed by atoms with Crippen LogP contribution in [-0.2, 0) is 14.8 Å². The van der Waals surface area contributed by atoms with Gasteiger partial charge in [-0.1, -0.05) is 12.1 Å². The Hall–Kier alpha value is -2.91. The summed E-state index contributed by atoms with van der Waals surface area (Å²) in [7, 11) is -2.33. The molecule has 9 heteroatoms. The summed E-state index contributed by atoms with van der Waals surface area (Å²) in [6, 6.07) is 10.9. The summed E-state index contributed by atoms with van der Waals surface area (Å²) >= 11 is 0. The Balaban J connectivity index is 2.18. The van der Waals surface area contributed by atoms with Gasteiger partial charge in [0, 0.05) is 16.9 Å². The van der Waals surface area contributed by atoms with Crippen LogP contribution >= 0.6 is 0 Å². The van der Waals surface area contributed by atoms with E-state index in [1.165, 1.54) is 19.2 Å². The fourth-order valence-electron chi connectivity index (χ4n) is 2.44. The summed E-state index contributed by atoms with van der Waals surface area (Å²) in [4.78, 5) is 24.6. The highest BCUT2D eigenvalue weighted by atomic mass is 32.2. The summed E-state index contributed by atoms with van der Waals surface area (Å²) < 4.78 is 31.7. The monoisotopic (exact) mass is 419 g/mol. The number of nitrogens with one attached hydrogen (secondary N) is 3. The summed E-state index contributed by atoms with van der Waals surface area (Å²) in [5.41, 5.74) is 0.933. The standard InChI is InChI=1S/C20H25N3O5S/c1-13-9-10-16(12-17(13)29(26,27)21-5)22-18(24)14-7-6-8-15(11-14)23-19(25)28-20(2,3)4/h6-12,21H,1-5H3,(H,22,24)(H,23,25). The highest BCUT2D eigenvalue weighted by molar-refractivity contribution is 7.89. The van der Waals surface area contributed by atoms with E-state index in [1.807, 2.05) is 0 Å². The predicted octanol–water partition coefficient (Wildman–Crippen LogP) is 3.50. The van der Waals surface area contributed by atoms with Crippen molar-refractivity contribution in [3.63, 3.8) is 0 Å². The average Bonchev–Trinajstić information content (AvgIpc) is 2.61. The third-order valence-electron chi connectivity index (χ3n) is 3.77. The second-order valence-corrected chi connectivity index (χ2v) is 9.20. The number of hydrogen-bond acceptors (Lipinski definition) is 5. The minimum atomic E-state index is -3.65. The van der Waals surface area contributed by atoms with Gasteiger partial charge in [0.15, 0.2) is 0 Å². The summed E-state index contributed by atoms with van der Waals surface area (Å²) in [5, 5.41) is 5.24. The Labute approximate surface area is 170 Å². The van der Waals surface area contributed by atoms with E-state index < -0.39 is 27.6 Å². The SMILES string of the molecule is CNS(=O)(=O)c1cc(NC(=O)c2cccc(NC(=O)OC(C)(C)C)c2)ccc1C. The second kappa shape index (κ2) is 8.62. The van der Waals surface area contributed by atoms with Gasteiger partial charge in [-0.25, -0.2) is 17.9 Å². The van der Waals surface area contributed by atoms with Crippen LogP contribution in [0.15, 0.2) is 47.4 Å².